The van der Waals surface area contributed by atoms with Gasteiger partial charge in [-0.15, -0.1) is 6.58 Å². The first-order valence-corrected chi connectivity index (χ1v) is 10.2. The van der Waals surface area contributed by atoms with E-state index in [1.165, 1.54) is 35.9 Å². The maximum atomic E-state index is 4.63. The first kappa shape index (κ1) is 17.7. The Labute approximate surface area is 158 Å². The smallest absolute Gasteiger partial charge is 0.0705 e. The van der Waals surface area contributed by atoms with Gasteiger partial charge in [-0.1, -0.05) is 39.8 Å². The quantitative estimate of drug-likeness (QED) is 0.654. The highest BCUT2D eigenvalue weighted by molar-refractivity contribution is 5.83. The maximum absolute atomic E-state index is 4.63. The lowest BCUT2D eigenvalue weighted by Gasteiger charge is -2.56. The topological polar surface area (TPSA) is 16.1 Å². The van der Waals surface area contributed by atoms with Crippen molar-refractivity contribution in [2.24, 2.45) is 11.3 Å². The van der Waals surface area contributed by atoms with Crippen LogP contribution in [0.3, 0.4) is 0 Å². The van der Waals surface area contributed by atoms with Crippen LogP contribution in [0.1, 0.15) is 63.5 Å². The standard InChI is InChI=1S/C24H32N2/c1-6-24(5)15-26-12-10-19(24)14-23(26)17(4)20-9-11-25-22-8-7-18(16(2)3)13-21(20)22/h6-9,11,13,16-17,19,23H,1,10,12,14-15H2,2-5H3/t17-,19?,23?,24?/m1/s1. The predicted octanol–water partition coefficient (Wildman–Crippen LogP) is 5.75. The molecule has 5 rings (SSSR count). The predicted molar refractivity (Wildman–Crippen MR) is 111 cm³/mol. The van der Waals surface area contributed by atoms with Crippen molar-refractivity contribution < 1.29 is 0 Å². The minimum atomic E-state index is 0.291. The summed E-state index contributed by atoms with van der Waals surface area (Å²) >= 11 is 0. The lowest BCUT2D eigenvalue weighted by atomic mass is 9.64. The Kier molecular flexibility index (Phi) is 4.43. The van der Waals surface area contributed by atoms with Gasteiger partial charge in [0.05, 0.1) is 5.52 Å². The lowest BCUT2D eigenvalue weighted by Crippen LogP contribution is -2.58. The number of hydrogen-bond acceptors (Lipinski definition) is 2. The number of fused-ring (bicyclic) bond motifs is 4. The summed E-state index contributed by atoms with van der Waals surface area (Å²) in [5, 5.41) is 1.35. The third-order valence-corrected chi connectivity index (χ3v) is 7.24. The van der Waals surface area contributed by atoms with Gasteiger partial charge in [0, 0.05) is 29.6 Å². The average molecular weight is 349 g/mol. The van der Waals surface area contributed by atoms with E-state index in [2.05, 4.69) is 74.5 Å². The van der Waals surface area contributed by atoms with Gasteiger partial charge in [-0.2, -0.15) is 0 Å². The molecule has 4 unspecified atom stereocenters. The molecular formula is C24H32N2. The van der Waals surface area contributed by atoms with Crippen molar-refractivity contribution >= 4 is 10.9 Å². The molecule has 1 aromatic carbocycles. The third-order valence-electron chi connectivity index (χ3n) is 7.24. The summed E-state index contributed by atoms with van der Waals surface area (Å²) in [7, 11) is 0. The molecule has 4 heterocycles. The van der Waals surface area contributed by atoms with Gasteiger partial charge >= 0.3 is 0 Å². The van der Waals surface area contributed by atoms with Crippen molar-refractivity contribution in [1.82, 2.24) is 9.88 Å². The van der Waals surface area contributed by atoms with E-state index < -0.39 is 0 Å². The molecule has 3 fully saturated rings. The molecule has 1 aromatic heterocycles. The fraction of sp³-hybridized carbons (Fsp3) is 0.542. The Bertz CT molecular complexity index is 824. The number of benzene rings is 1. The van der Waals surface area contributed by atoms with Crippen LogP contribution in [0.25, 0.3) is 10.9 Å². The minimum absolute atomic E-state index is 0.291. The Morgan fingerprint density at radius 1 is 1.27 bits per heavy atom. The highest BCUT2D eigenvalue weighted by Gasteiger charge is 2.47. The molecule has 2 bridgehead atoms. The number of nitrogens with zero attached hydrogens (tertiary/aromatic N) is 2. The summed E-state index contributed by atoms with van der Waals surface area (Å²) in [4.78, 5) is 7.35. The van der Waals surface area contributed by atoms with Crippen molar-refractivity contribution in [2.75, 3.05) is 13.1 Å². The second kappa shape index (κ2) is 6.49. The van der Waals surface area contributed by atoms with Gasteiger partial charge in [0.25, 0.3) is 0 Å². The minimum Gasteiger partial charge on any atom is -0.299 e. The summed E-state index contributed by atoms with van der Waals surface area (Å²) in [6, 6.07) is 9.70. The molecule has 26 heavy (non-hydrogen) atoms. The average Bonchev–Trinajstić information content (AvgIpc) is 2.66. The summed E-state index contributed by atoms with van der Waals surface area (Å²) in [5.74, 6) is 1.85. The van der Waals surface area contributed by atoms with E-state index in [0.29, 0.717) is 23.3 Å². The number of piperidine rings is 3. The van der Waals surface area contributed by atoms with Gasteiger partial charge in [0.15, 0.2) is 0 Å². The monoisotopic (exact) mass is 348 g/mol. The van der Waals surface area contributed by atoms with E-state index in [1.807, 2.05) is 6.20 Å². The van der Waals surface area contributed by atoms with E-state index in [9.17, 15) is 0 Å². The molecule has 0 saturated carbocycles. The normalized spacial score (nSPS) is 32.1. The summed E-state index contributed by atoms with van der Waals surface area (Å²) in [6.07, 6.45) is 6.81. The van der Waals surface area contributed by atoms with E-state index in [-0.39, 0.29) is 0 Å². The van der Waals surface area contributed by atoms with Crippen LogP contribution in [0.4, 0.5) is 0 Å². The van der Waals surface area contributed by atoms with E-state index in [4.69, 9.17) is 0 Å². The fourth-order valence-electron chi connectivity index (χ4n) is 5.31. The molecule has 0 spiro atoms. The molecule has 0 amide bonds. The molecule has 3 aliphatic heterocycles. The van der Waals surface area contributed by atoms with E-state index in [0.717, 1.165) is 18.0 Å². The van der Waals surface area contributed by atoms with Crippen molar-refractivity contribution in [3.8, 4) is 0 Å². The highest BCUT2D eigenvalue weighted by Crippen LogP contribution is 2.48. The van der Waals surface area contributed by atoms with Crippen LogP contribution in [0.5, 0.6) is 0 Å². The van der Waals surface area contributed by atoms with Gasteiger partial charge in [-0.05, 0) is 66.5 Å². The largest absolute Gasteiger partial charge is 0.299 e. The Hall–Kier alpha value is -1.67. The molecule has 3 aliphatic rings. The number of aromatic nitrogens is 1. The van der Waals surface area contributed by atoms with Crippen LogP contribution >= 0.6 is 0 Å². The fourth-order valence-corrected chi connectivity index (χ4v) is 5.31. The van der Waals surface area contributed by atoms with Gasteiger partial charge in [0.1, 0.15) is 0 Å². The zero-order valence-corrected chi connectivity index (χ0v) is 16.7. The molecule has 3 saturated heterocycles. The molecule has 2 heteroatoms. The summed E-state index contributed by atoms with van der Waals surface area (Å²) in [6.45, 7) is 15.9. The van der Waals surface area contributed by atoms with Crippen LogP contribution in [0, 0.1) is 11.3 Å². The zero-order chi connectivity index (χ0) is 18.5. The third kappa shape index (κ3) is 2.79. The number of rotatable bonds is 4. The second-order valence-electron chi connectivity index (χ2n) is 9.09. The SMILES string of the molecule is C=CC1(C)CN2CCC1CC2[C@H](C)c1ccnc2ccc(C(C)C)cc12. The Morgan fingerprint density at radius 3 is 2.73 bits per heavy atom. The van der Waals surface area contributed by atoms with Gasteiger partial charge < -0.3 is 0 Å². The van der Waals surface area contributed by atoms with Crippen molar-refractivity contribution in [1.29, 1.82) is 0 Å². The Morgan fingerprint density at radius 2 is 2.08 bits per heavy atom. The van der Waals surface area contributed by atoms with Gasteiger partial charge in [-0.3, -0.25) is 9.88 Å². The molecule has 0 N–H and O–H groups in total. The number of pyridine rings is 1. The lowest BCUT2D eigenvalue weighted by molar-refractivity contribution is -0.0367. The van der Waals surface area contributed by atoms with Crippen LogP contribution in [-0.4, -0.2) is 29.0 Å². The molecule has 2 aromatic rings. The first-order chi connectivity index (χ1) is 12.4. The summed E-state index contributed by atoms with van der Waals surface area (Å²) < 4.78 is 0. The molecule has 2 nitrogen and oxygen atoms in total. The molecule has 0 aliphatic carbocycles. The molecule has 0 radical (unpaired) electrons. The van der Waals surface area contributed by atoms with Crippen LogP contribution in [0.15, 0.2) is 43.1 Å². The van der Waals surface area contributed by atoms with E-state index >= 15 is 0 Å². The van der Waals surface area contributed by atoms with E-state index in [1.54, 1.807) is 0 Å². The molecular weight excluding hydrogens is 316 g/mol. The van der Waals surface area contributed by atoms with Crippen LogP contribution in [-0.2, 0) is 0 Å². The van der Waals surface area contributed by atoms with Gasteiger partial charge in [0.2, 0.25) is 0 Å². The molecule has 138 valence electrons. The second-order valence-corrected chi connectivity index (χ2v) is 9.09. The van der Waals surface area contributed by atoms with Gasteiger partial charge in [-0.25, -0.2) is 0 Å². The van der Waals surface area contributed by atoms with Crippen molar-refractivity contribution in [3.63, 3.8) is 0 Å². The Balaban J connectivity index is 1.70. The number of hydrogen-bond donors (Lipinski definition) is 0. The van der Waals surface area contributed by atoms with Crippen LogP contribution < -0.4 is 0 Å². The first-order valence-electron chi connectivity index (χ1n) is 10.2. The molecule has 5 atom stereocenters. The van der Waals surface area contributed by atoms with Crippen molar-refractivity contribution in [3.05, 3.63) is 54.2 Å². The zero-order valence-electron chi connectivity index (χ0n) is 16.7. The maximum Gasteiger partial charge on any atom is 0.0705 e. The van der Waals surface area contributed by atoms with Crippen molar-refractivity contribution in [2.45, 2.75) is 58.4 Å². The summed E-state index contributed by atoms with van der Waals surface area (Å²) in [5.41, 5.74) is 4.30. The highest BCUT2D eigenvalue weighted by atomic mass is 15.2. The van der Waals surface area contributed by atoms with Crippen LogP contribution in [0.2, 0.25) is 0 Å².